The summed E-state index contributed by atoms with van der Waals surface area (Å²) in [7, 11) is 0. The molecule has 2 N–H and O–H groups in total. The van der Waals surface area contributed by atoms with E-state index >= 15 is 0 Å². The first-order valence-electron chi connectivity index (χ1n) is 8.11. The van der Waals surface area contributed by atoms with E-state index in [0.717, 1.165) is 5.69 Å². The number of halogens is 2. The number of amidine groups is 1. The molecule has 1 saturated heterocycles. The zero-order valence-electron chi connectivity index (χ0n) is 14.8. The zero-order valence-corrected chi connectivity index (χ0v) is 16.3. The third-order valence-electron chi connectivity index (χ3n) is 3.61. The molecule has 6 nitrogen and oxygen atoms in total. The number of aliphatic imine (C=N–C) groups is 1. The molecule has 0 saturated carbocycles. The van der Waals surface area contributed by atoms with Gasteiger partial charge in [-0.05, 0) is 39.0 Å². The molecule has 0 aromatic heterocycles. The summed E-state index contributed by atoms with van der Waals surface area (Å²) in [5.41, 5.74) is 6.73. The molecule has 1 amide bonds. The Labute approximate surface area is 158 Å². The number of carbonyl (C=O) groups excluding carboxylic acids is 1. The molecule has 0 spiro atoms. The molecule has 0 aliphatic carbocycles. The van der Waals surface area contributed by atoms with Gasteiger partial charge in [-0.3, -0.25) is 0 Å². The van der Waals surface area contributed by atoms with E-state index in [9.17, 15) is 4.79 Å². The molecule has 0 radical (unpaired) electrons. The molecular weight excluding hydrogens is 363 g/mol. The highest BCUT2D eigenvalue weighted by Gasteiger charge is 2.26. The van der Waals surface area contributed by atoms with E-state index in [2.05, 4.69) is 9.89 Å². The Morgan fingerprint density at radius 1 is 1.28 bits per heavy atom. The van der Waals surface area contributed by atoms with E-state index < -0.39 is 5.60 Å². The third kappa shape index (κ3) is 5.68. The van der Waals surface area contributed by atoms with Crippen LogP contribution >= 0.6 is 23.2 Å². The van der Waals surface area contributed by atoms with E-state index in [4.69, 9.17) is 33.7 Å². The summed E-state index contributed by atoms with van der Waals surface area (Å²) < 4.78 is 5.41. The molecule has 8 heteroatoms. The Morgan fingerprint density at radius 3 is 2.44 bits per heavy atom. The van der Waals surface area contributed by atoms with Crippen LogP contribution in [0.2, 0.25) is 5.02 Å². The summed E-state index contributed by atoms with van der Waals surface area (Å²) in [6.45, 7) is 8.14. The summed E-state index contributed by atoms with van der Waals surface area (Å²) in [5.74, 6) is 0.517. The van der Waals surface area contributed by atoms with Crippen LogP contribution in [-0.2, 0) is 4.74 Å². The highest BCUT2D eigenvalue weighted by atomic mass is 35.5. The van der Waals surface area contributed by atoms with Gasteiger partial charge in [-0.1, -0.05) is 11.6 Å². The van der Waals surface area contributed by atoms with Crippen LogP contribution < -0.4 is 10.6 Å². The van der Waals surface area contributed by atoms with Crippen molar-refractivity contribution >= 4 is 46.5 Å². The summed E-state index contributed by atoms with van der Waals surface area (Å²) in [5, 5.41) is 0.592. The van der Waals surface area contributed by atoms with Crippen molar-refractivity contribution in [2.24, 2.45) is 10.7 Å². The van der Waals surface area contributed by atoms with E-state index in [-0.39, 0.29) is 12.0 Å². The lowest BCUT2D eigenvalue weighted by atomic mass is 10.2. The Hall–Kier alpha value is -1.66. The number of anilines is 1. The van der Waals surface area contributed by atoms with Crippen LogP contribution in [0.15, 0.2) is 23.2 Å². The molecule has 25 heavy (non-hydrogen) atoms. The van der Waals surface area contributed by atoms with Crippen molar-refractivity contribution < 1.29 is 9.53 Å². The molecule has 138 valence electrons. The topological polar surface area (TPSA) is 71.2 Å². The van der Waals surface area contributed by atoms with Gasteiger partial charge in [0.1, 0.15) is 11.4 Å². The first-order chi connectivity index (χ1) is 11.7. The van der Waals surface area contributed by atoms with Gasteiger partial charge in [0, 0.05) is 26.2 Å². The molecule has 1 heterocycles. The number of hydrogen-bond donors (Lipinski definition) is 1. The first kappa shape index (κ1) is 19.7. The lowest BCUT2D eigenvalue weighted by molar-refractivity contribution is 0.0240. The summed E-state index contributed by atoms with van der Waals surface area (Å²) in [6.07, 6.45) is -0.278. The maximum atomic E-state index is 12.1. The Balaban J connectivity index is 2.00. The van der Waals surface area contributed by atoms with Crippen LogP contribution in [0.1, 0.15) is 20.8 Å². The van der Waals surface area contributed by atoms with Gasteiger partial charge in [0.2, 0.25) is 0 Å². The van der Waals surface area contributed by atoms with Crippen molar-refractivity contribution in [2.45, 2.75) is 26.4 Å². The highest BCUT2D eigenvalue weighted by molar-refractivity contribution is 6.33. The normalized spacial score (nSPS) is 16.1. The molecule has 0 atom stereocenters. The lowest BCUT2D eigenvalue weighted by Gasteiger charge is -2.37. The predicted molar refractivity (Wildman–Crippen MR) is 103 cm³/mol. The van der Waals surface area contributed by atoms with Crippen LogP contribution in [-0.4, -0.2) is 54.5 Å². The van der Waals surface area contributed by atoms with Crippen molar-refractivity contribution in [2.75, 3.05) is 37.0 Å². The van der Waals surface area contributed by atoms with Crippen molar-refractivity contribution in [3.63, 3.8) is 0 Å². The molecule has 2 rings (SSSR count). The highest BCUT2D eigenvalue weighted by Crippen LogP contribution is 2.31. The zero-order chi connectivity index (χ0) is 18.6. The fourth-order valence-electron chi connectivity index (χ4n) is 2.47. The second kappa shape index (κ2) is 8.15. The Morgan fingerprint density at radius 2 is 1.92 bits per heavy atom. The van der Waals surface area contributed by atoms with E-state index in [1.165, 1.54) is 0 Å². The number of benzene rings is 1. The number of amides is 1. The van der Waals surface area contributed by atoms with Gasteiger partial charge in [0.05, 0.1) is 22.3 Å². The smallest absolute Gasteiger partial charge is 0.410 e. The number of hydrogen-bond acceptors (Lipinski definition) is 4. The van der Waals surface area contributed by atoms with Gasteiger partial charge < -0.3 is 20.3 Å². The van der Waals surface area contributed by atoms with E-state index in [1.54, 1.807) is 11.0 Å². The number of rotatable bonds is 3. The van der Waals surface area contributed by atoms with Gasteiger partial charge in [0.15, 0.2) is 0 Å². The summed E-state index contributed by atoms with van der Waals surface area (Å²) in [4.78, 5) is 20.2. The van der Waals surface area contributed by atoms with Gasteiger partial charge in [-0.2, -0.15) is 0 Å². The van der Waals surface area contributed by atoms with Crippen LogP contribution in [0.5, 0.6) is 0 Å². The minimum atomic E-state index is -0.487. The van der Waals surface area contributed by atoms with Gasteiger partial charge in [-0.25, -0.2) is 9.79 Å². The number of ether oxygens (including phenoxy) is 1. The van der Waals surface area contributed by atoms with Gasteiger partial charge in [-0.15, -0.1) is 11.6 Å². The molecule has 0 bridgehead atoms. The number of carbonyl (C=O) groups is 1. The summed E-state index contributed by atoms with van der Waals surface area (Å²) >= 11 is 12.0. The van der Waals surface area contributed by atoms with Crippen LogP contribution in [0.3, 0.4) is 0 Å². The molecule has 1 aliphatic heterocycles. The number of nitrogens with zero attached hydrogens (tertiary/aromatic N) is 3. The van der Waals surface area contributed by atoms with E-state index in [0.29, 0.717) is 42.7 Å². The summed E-state index contributed by atoms with van der Waals surface area (Å²) in [6, 6.07) is 5.52. The average molecular weight is 387 g/mol. The maximum Gasteiger partial charge on any atom is 0.410 e. The average Bonchev–Trinajstić information content (AvgIpc) is 2.53. The molecule has 0 unspecified atom stereocenters. The fourth-order valence-corrected chi connectivity index (χ4v) is 2.83. The predicted octanol–water partition coefficient (Wildman–Crippen LogP) is 3.62. The standard InChI is InChI=1S/C17H24Cl2N4O2/c1-17(2,3)25-16(24)23-8-6-22(7-9-23)14-5-4-12(10-13(14)19)21-15(20)11-18/h4-5,10H,6-9,11H2,1-3H3,(H2,20,21). The fraction of sp³-hybridized carbons (Fsp3) is 0.529. The minimum Gasteiger partial charge on any atom is -0.444 e. The molecule has 1 aromatic carbocycles. The number of alkyl halides is 1. The van der Waals surface area contributed by atoms with Crippen molar-refractivity contribution in [1.82, 2.24) is 4.90 Å². The molecule has 1 aromatic rings. The second-order valence-corrected chi connectivity index (χ2v) is 7.50. The van der Waals surface area contributed by atoms with Crippen molar-refractivity contribution in [1.29, 1.82) is 0 Å². The van der Waals surface area contributed by atoms with E-state index in [1.807, 2.05) is 32.9 Å². The molecule has 1 aliphatic rings. The first-order valence-corrected chi connectivity index (χ1v) is 9.02. The largest absolute Gasteiger partial charge is 0.444 e. The monoisotopic (exact) mass is 386 g/mol. The number of nitrogens with two attached hydrogens (primary N) is 1. The van der Waals surface area contributed by atoms with Crippen LogP contribution in [0.4, 0.5) is 16.2 Å². The minimum absolute atomic E-state index is 0.173. The molecule has 1 fully saturated rings. The molecular formula is C17H24Cl2N4O2. The second-order valence-electron chi connectivity index (χ2n) is 6.83. The quantitative estimate of drug-likeness (QED) is 0.489. The Bertz CT molecular complexity index is 651. The SMILES string of the molecule is CC(C)(C)OC(=O)N1CCN(c2ccc(N=C(N)CCl)cc2Cl)CC1. The van der Waals surface area contributed by atoms with Crippen molar-refractivity contribution in [3.8, 4) is 0 Å². The Kier molecular flexibility index (Phi) is 6.41. The van der Waals surface area contributed by atoms with Crippen LogP contribution in [0.25, 0.3) is 0 Å². The van der Waals surface area contributed by atoms with Crippen LogP contribution in [0, 0.1) is 0 Å². The third-order valence-corrected chi connectivity index (χ3v) is 4.19. The van der Waals surface area contributed by atoms with Gasteiger partial charge >= 0.3 is 6.09 Å². The maximum absolute atomic E-state index is 12.1. The number of piperazine rings is 1. The van der Waals surface area contributed by atoms with Gasteiger partial charge in [0.25, 0.3) is 0 Å². The lowest BCUT2D eigenvalue weighted by Crippen LogP contribution is -2.50. The van der Waals surface area contributed by atoms with Crippen molar-refractivity contribution in [3.05, 3.63) is 23.2 Å².